The quantitative estimate of drug-likeness (QED) is 0.250. The zero-order chi connectivity index (χ0) is 24.3. The molecule has 7 N–H and O–H groups in total. The highest BCUT2D eigenvalue weighted by Gasteiger charge is 2.35. The van der Waals surface area contributed by atoms with Crippen molar-refractivity contribution >= 4 is 17.1 Å². The number of hydrogen-bond donors (Lipinski definition) is 4. The van der Waals surface area contributed by atoms with E-state index in [1.165, 1.54) is 5.56 Å². The third-order valence-corrected chi connectivity index (χ3v) is 7.23. The van der Waals surface area contributed by atoms with Gasteiger partial charge in [-0.05, 0) is 83.6 Å². The van der Waals surface area contributed by atoms with Crippen molar-refractivity contribution < 1.29 is 5.11 Å². The molecule has 0 spiro atoms. The number of phenols is 1. The van der Waals surface area contributed by atoms with E-state index in [0.29, 0.717) is 0 Å². The summed E-state index contributed by atoms with van der Waals surface area (Å²) in [6, 6.07) is 31.8. The summed E-state index contributed by atoms with van der Waals surface area (Å²) in [5.41, 5.74) is 24.3. The fourth-order valence-electron chi connectivity index (χ4n) is 4.84. The van der Waals surface area contributed by atoms with E-state index in [9.17, 15) is 5.11 Å². The Bertz CT molecular complexity index is 1170. The molecular formula is C30H33N3O. The number of nitrogens with two attached hydrogens (primary N) is 3. The smallest absolute Gasteiger partial charge is 0.115 e. The van der Waals surface area contributed by atoms with E-state index < -0.39 is 0 Å². The molecule has 2 atom stereocenters. The van der Waals surface area contributed by atoms with Gasteiger partial charge in [-0.2, -0.15) is 0 Å². The zero-order valence-electron chi connectivity index (χ0n) is 19.8. The molecule has 4 aromatic carbocycles. The molecule has 0 aromatic heterocycles. The molecule has 2 unspecified atom stereocenters. The summed E-state index contributed by atoms with van der Waals surface area (Å²) in [6.07, 6.45) is 1.67. The van der Waals surface area contributed by atoms with E-state index in [0.717, 1.165) is 46.6 Å². The average Bonchev–Trinajstić information content (AvgIpc) is 2.83. The van der Waals surface area contributed by atoms with Crippen LogP contribution in [0.3, 0.4) is 0 Å². The molecule has 4 nitrogen and oxygen atoms in total. The van der Waals surface area contributed by atoms with Crippen LogP contribution in [0.25, 0.3) is 0 Å². The van der Waals surface area contributed by atoms with Crippen molar-refractivity contribution in [2.45, 2.75) is 37.5 Å². The van der Waals surface area contributed by atoms with E-state index in [4.69, 9.17) is 17.2 Å². The molecule has 0 radical (unpaired) electrons. The molecular weight excluding hydrogens is 418 g/mol. The number of rotatable bonds is 7. The number of hydrogen-bond acceptors (Lipinski definition) is 4. The van der Waals surface area contributed by atoms with E-state index in [2.05, 4.69) is 56.3 Å². The van der Waals surface area contributed by atoms with Gasteiger partial charge in [0.05, 0.1) is 0 Å². The van der Waals surface area contributed by atoms with Crippen molar-refractivity contribution in [1.29, 1.82) is 0 Å². The average molecular weight is 452 g/mol. The Labute approximate surface area is 202 Å². The van der Waals surface area contributed by atoms with Crippen molar-refractivity contribution in [2.75, 3.05) is 17.2 Å². The van der Waals surface area contributed by atoms with Crippen LogP contribution in [0, 0.1) is 0 Å². The second-order valence-corrected chi connectivity index (χ2v) is 9.58. The lowest BCUT2D eigenvalue weighted by Crippen LogP contribution is -2.30. The summed E-state index contributed by atoms with van der Waals surface area (Å²) in [7, 11) is 0. The van der Waals surface area contributed by atoms with E-state index in [-0.39, 0.29) is 16.6 Å². The van der Waals surface area contributed by atoms with Gasteiger partial charge in [0.25, 0.3) is 0 Å². The summed E-state index contributed by atoms with van der Waals surface area (Å²) in [5.74, 6) is 0.260. The van der Waals surface area contributed by atoms with E-state index in [1.54, 1.807) is 6.07 Å². The van der Waals surface area contributed by atoms with Gasteiger partial charge in [-0.1, -0.05) is 62.4 Å². The third kappa shape index (κ3) is 4.58. The molecule has 0 saturated carbocycles. The second kappa shape index (κ2) is 9.14. The maximum atomic E-state index is 10.3. The minimum Gasteiger partial charge on any atom is -0.508 e. The normalized spacial score (nSPS) is 14.8. The monoisotopic (exact) mass is 451 g/mol. The minimum atomic E-state index is -0.345. The van der Waals surface area contributed by atoms with Gasteiger partial charge in [-0.3, -0.25) is 0 Å². The lowest BCUT2D eigenvalue weighted by Gasteiger charge is -2.38. The van der Waals surface area contributed by atoms with Crippen LogP contribution >= 0.6 is 0 Å². The summed E-state index contributed by atoms with van der Waals surface area (Å²) in [4.78, 5) is 0. The van der Waals surface area contributed by atoms with Crippen molar-refractivity contribution in [3.05, 3.63) is 119 Å². The molecule has 174 valence electrons. The van der Waals surface area contributed by atoms with E-state index in [1.807, 2.05) is 48.5 Å². The molecule has 0 saturated heterocycles. The van der Waals surface area contributed by atoms with Crippen LogP contribution in [-0.4, -0.2) is 5.11 Å². The summed E-state index contributed by atoms with van der Waals surface area (Å²) < 4.78 is 0. The number of aromatic hydroxyl groups is 1. The van der Waals surface area contributed by atoms with E-state index >= 15 is 0 Å². The Morgan fingerprint density at radius 3 is 1.41 bits per heavy atom. The predicted molar refractivity (Wildman–Crippen MR) is 143 cm³/mol. The lowest BCUT2D eigenvalue weighted by molar-refractivity contribution is 0.410. The first-order chi connectivity index (χ1) is 16.2. The number of anilines is 3. The first kappa shape index (κ1) is 23.2. The first-order valence-corrected chi connectivity index (χ1v) is 11.6. The van der Waals surface area contributed by atoms with Crippen LogP contribution < -0.4 is 17.2 Å². The van der Waals surface area contributed by atoms with Crippen LogP contribution in [0.5, 0.6) is 5.75 Å². The third-order valence-electron chi connectivity index (χ3n) is 7.23. The van der Waals surface area contributed by atoms with Crippen LogP contribution in [0.15, 0.2) is 97.1 Å². The van der Waals surface area contributed by atoms with Crippen molar-refractivity contribution in [3.8, 4) is 5.75 Å². The topological polar surface area (TPSA) is 98.3 Å². The molecule has 0 aliphatic carbocycles. The minimum absolute atomic E-state index is 0.260. The molecule has 4 rings (SSSR count). The van der Waals surface area contributed by atoms with Crippen LogP contribution in [-0.2, 0) is 10.8 Å². The SMILES string of the molecule is CC(CCC(C)(c1ccc(N)cc1)c1cccc(O)c1)(c1ccc(N)cc1)c1cccc(N)c1. The molecule has 34 heavy (non-hydrogen) atoms. The van der Waals surface area contributed by atoms with Crippen LogP contribution in [0.2, 0.25) is 0 Å². The standard InChI is InChI=1S/C30H33N3O/c1-29(21-9-13-25(31)14-10-21,23-5-3-7-27(33)19-23)17-18-30(2,22-11-15-26(32)16-12-22)24-6-4-8-28(34)20-24/h3-16,19-20,34H,17-18,31-33H2,1-2H3. The highest BCUT2D eigenvalue weighted by atomic mass is 16.3. The first-order valence-electron chi connectivity index (χ1n) is 11.6. The maximum Gasteiger partial charge on any atom is 0.115 e. The Balaban J connectivity index is 1.80. The molecule has 0 amide bonds. The van der Waals surface area contributed by atoms with Gasteiger partial charge in [0.15, 0.2) is 0 Å². The molecule has 4 heteroatoms. The predicted octanol–water partition coefficient (Wildman–Crippen LogP) is 6.23. The van der Waals surface area contributed by atoms with Gasteiger partial charge in [-0.25, -0.2) is 0 Å². The summed E-state index contributed by atoms with van der Waals surface area (Å²) in [6.45, 7) is 4.50. The lowest BCUT2D eigenvalue weighted by atomic mass is 9.66. The summed E-state index contributed by atoms with van der Waals surface area (Å²) >= 11 is 0. The number of nitrogen functional groups attached to an aromatic ring is 3. The van der Waals surface area contributed by atoms with Gasteiger partial charge in [0.2, 0.25) is 0 Å². The number of benzene rings is 4. The van der Waals surface area contributed by atoms with Gasteiger partial charge in [0.1, 0.15) is 5.75 Å². The van der Waals surface area contributed by atoms with Gasteiger partial charge in [0, 0.05) is 27.9 Å². The van der Waals surface area contributed by atoms with Gasteiger partial charge in [-0.15, -0.1) is 0 Å². The molecule has 0 aliphatic rings. The Kier molecular flexibility index (Phi) is 6.25. The maximum absolute atomic E-state index is 10.3. The zero-order valence-corrected chi connectivity index (χ0v) is 19.8. The highest BCUT2D eigenvalue weighted by Crippen LogP contribution is 2.44. The largest absolute Gasteiger partial charge is 0.508 e. The summed E-state index contributed by atoms with van der Waals surface area (Å²) in [5, 5.41) is 10.3. The molecule has 0 fully saturated rings. The Hall–Kier alpha value is -3.92. The fraction of sp³-hybridized carbons (Fsp3) is 0.200. The van der Waals surface area contributed by atoms with Crippen molar-refractivity contribution in [2.24, 2.45) is 0 Å². The van der Waals surface area contributed by atoms with Crippen molar-refractivity contribution in [3.63, 3.8) is 0 Å². The van der Waals surface area contributed by atoms with Crippen LogP contribution in [0.4, 0.5) is 17.1 Å². The Morgan fingerprint density at radius 2 is 0.971 bits per heavy atom. The second-order valence-electron chi connectivity index (χ2n) is 9.58. The number of phenolic OH excluding ortho intramolecular Hbond substituents is 1. The molecule has 0 heterocycles. The highest BCUT2D eigenvalue weighted by molar-refractivity contribution is 5.51. The molecule has 0 bridgehead atoms. The fourth-order valence-corrected chi connectivity index (χ4v) is 4.84. The Morgan fingerprint density at radius 1 is 0.529 bits per heavy atom. The van der Waals surface area contributed by atoms with Crippen LogP contribution in [0.1, 0.15) is 48.9 Å². The van der Waals surface area contributed by atoms with Gasteiger partial charge < -0.3 is 22.3 Å². The molecule has 0 aliphatic heterocycles. The van der Waals surface area contributed by atoms with Gasteiger partial charge >= 0.3 is 0 Å². The molecule has 4 aromatic rings. The van der Waals surface area contributed by atoms with Crippen molar-refractivity contribution in [1.82, 2.24) is 0 Å².